The first-order chi connectivity index (χ1) is 24.0. The van der Waals surface area contributed by atoms with Gasteiger partial charge in [-0.15, -0.1) is 0 Å². The molecular formula is C34H33F3N8O5. The normalized spacial score (nSPS) is 13.9. The lowest BCUT2D eigenvalue weighted by Crippen LogP contribution is -2.50. The van der Waals surface area contributed by atoms with Crippen LogP contribution in [0.1, 0.15) is 35.7 Å². The van der Waals surface area contributed by atoms with E-state index in [2.05, 4.69) is 20.1 Å². The van der Waals surface area contributed by atoms with Gasteiger partial charge in [-0.3, -0.25) is 23.9 Å². The summed E-state index contributed by atoms with van der Waals surface area (Å²) >= 11 is 0. The maximum Gasteiger partial charge on any atom is 0.433 e. The van der Waals surface area contributed by atoms with Crippen LogP contribution in [0.3, 0.4) is 0 Å². The van der Waals surface area contributed by atoms with Crippen LogP contribution in [0.25, 0.3) is 16.6 Å². The highest BCUT2D eigenvalue weighted by atomic mass is 19.4. The summed E-state index contributed by atoms with van der Waals surface area (Å²) in [4.78, 5) is 53.5. The molecule has 2 aromatic carbocycles. The zero-order chi connectivity index (χ0) is 35.4. The van der Waals surface area contributed by atoms with E-state index in [9.17, 15) is 27.6 Å². The van der Waals surface area contributed by atoms with Gasteiger partial charge in [-0.1, -0.05) is 12.1 Å². The van der Waals surface area contributed by atoms with Gasteiger partial charge in [0.2, 0.25) is 0 Å². The van der Waals surface area contributed by atoms with E-state index in [4.69, 9.17) is 14.5 Å². The molecule has 0 saturated carbocycles. The number of carbonyl (C=O) groups is 2. The number of rotatable bonds is 11. The van der Waals surface area contributed by atoms with Crippen LogP contribution in [0.15, 0.2) is 78.0 Å². The van der Waals surface area contributed by atoms with E-state index >= 15 is 0 Å². The van der Waals surface area contributed by atoms with Crippen molar-refractivity contribution in [2.24, 2.45) is 0 Å². The number of piperazine rings is 1. The fourth-order valence-electron chi connectivity index (χ4n) is 5.52. The Bertz CT molecular complexity index is 2040. The number of aromatic nitrogens is 6. The number of pyridine rings is 1. The highest BCUT2D eigenvalue weighted by Crippen LogP contribution is 2.29. The SMILES string of the molecule is CC(C)Oc1ccc(C(=O)Cn2nccn2)cc1-n1c(CN2CCN(C(=O)COc3ccc(C(F)(F)F)nc3)CC2)nc2ccccc2c1=O. The molecule has 1 fully saturated rings. The van der Waals surface area contributed by atoms with Gasteiger partial charge in [0.05, 0.1) is 47.8 Å². The van der Waals surface area contributed by atoms with E-state index in [1.54, 1.807) is 47.4 Å². The summed E-state index contributed by atoms with van der Waals surface area (Å²) in [5, 5.41) is 8.43. The number of hydrogen-bond donors (Lipinski definition) is 0. The summed E-state index contributed by atoms with van der Waals surface area (Å²) in [5.41, 5.74) is -0.177. The zero-order valence-electron chi connectivity index (χ0n) is 27.2. The molecule has 260 valence electrons. The van der Waals surface area contributed by atoms with Crippen molar-refractivity contribution >= 4 is 22.6 Å². The second-order valence-corrected chi connectivity index (χ2v) is 11.8. The third-order valence-electron chi connectivity index (χ3n) is 7.96. The van der Waals surface area contributed by atoms with Crippen molar-refractivity contribution < 1.29 is 32.2 Å². The molecule has 5 aromatic rings. The fourth-order valence-corrected chi connectivity index (χ4v) is 5.52. The second kappa shape index (κ2) is 14.5. The van der Waals surface area contributed by atoms with Crippen LogP contribution >= 0.6 is 0 Å². The first-order valence-corrected chi connectivity index (χ1v) is 15.8. The number of para-hydroxylation sites is 1. The van der Waals surface area contributed by atoms with Gasteiger partial charge in [0, 0.05) is 31.7 Å². The molecule has 4 heterocycles. The summed E-state index contributed by atoms with van der Waals surface area (Å²) in [5.74, 6) is 0.273. The van der Waals surface area contributed by atoms with E-state index in [1.807, 2.05) is 13.8 Å². The zero-order valence-corrected chi connectivity index (χ0v) is 27.2. The molecule has 1 amide bonds. The highest BCUT2D eigenvalue weighted by molar-refractivity contribution is 5.96. The molecule has 6 rings (SSSR count). The molecule has 13 nitrogen and oxygen atoms in total. The van der Waals surface area contributed by atoms with Gasteiger partial charge in [0.1, 0.15) is 29.6 Å². The largest absolute Gasteiger partial charge is 0.489 e. The molecule has 0 aliphatic carbocycles. The Morgan fingerprint density at radius 2 is 1.70 bits per heavy atom. The number of carbonyl (C=O) groups excluding carboxylic acids is 2. The van der Waals surface area contributed by atoms with Crippen LogP contribution in [0.2, 0.25) is 0 Å². The number of fused-ring (bicyclic) bond motifs is 1. The number of alkyl halides is 3. The first-order valence-electron chi connectivity index (χ1n) is 15.8. The number of Topliss-reactive ketones (excluding diaryl/α,β-unsaturated/α-hetero) is 1. The van der Waals surface area contributed by atoms with Gasteiger partial charge >= 0.3 is 6.18 Å². The van der Waals surface area contributed by atoms with Gasteiger partial charge < -0.3 is 14.4 Å². The quantitative estimate of drug-likeness (QED) is 0.188. The van der Waals surface area contributed by atoms with Crippen molar-refractivity contribution in [2.45, 2.75) is 39.2 Å². The van der Waals surface area contributed by atoms with Crippen LogP contribution < -0.4 is 15.0 Å². The van der Waals surface area contributed by atoms with Crippen molar-refractivity contribution in [1.82, 2.24) is 39.3 Å². The first kappa shape index (κ1) is 34.2. The maximum absolute atomic E-state index is 14.2. The van der Waals surface area contributed by atoms with Crippen LogP contribution in [-0.2, 0) is 24.1 Å². The number of hydrogen-bond acceptors (Lipinski definition) is 10. The maximum atomic E-state index is 14.2. The molecule has 0 bridgehead atoms. The van der Waals surface area contributed by atoms with Gasteiger partial charge in [0.15, 0.2) is 12.4 Å². The smallest absolute Gasteiger partial charge is 0.433 e. The molecule has 0 spiro atoms. The van der Waals surface area contributed by atoms with Crippen LogP contribution in [0, 0.1) is 0 Å². The Morgan fingerprint density at radius 3 is 2.38 bits per heavy atom. The predicted molar refractivity (Wildman–Crippen MR) is 174 cm³/mol. The topological polar surface area (TPSA) is 138 Å². The van der Waals surface area contributed by atoms with Crippen molar-refractivity contribution in [2.75, 3.05) is 32.8 Å². The Labute approximate surface area is 283 Å². The highest BCUT2D eigenvalue weighted by Gasteiger charge is 2.32. The molecule has 3 aromatic heterocycles. The minimum atomic E-state index is -4.57. The lowest BCUT2D eigenvalue weighted by molar-refractivity contribution is -0.141. The predicted octanol–water partition coefficient (Wildman–Crippen LogP) is 3.78. The number of halogens is 3. The van der Waals surface area contributed by atoms with Crippen molar-refractivity contribution in [1.29, 1.82) is 0 Å². The Morgan fingerprint density at radius 1 is 0.960 bits per heavy atom. The van der Waals surface area contributed by atoms with E-state index in [0.29, 0.717) is 59.9 Å². The molecule has 0 N–H and O–H groups in total. The standard InChI is InChI=1S/C34H33F3N8O5/c1-22(2)50-29-9-7-23(28(46)19-44-39-11-12-40-44)17-27(29)45-31(41-26-6-4-3-5-25(26)33(45)48)20-42-13-15-43(16-14-42)32(47)21-49-24-8-10-30(38-18-24)34(35,36)37/h3-12,17-18,22H,13-16,19-21H2,1-2H3. The minimum Gasteiger partial charge on any atom is -0.489 e. The molecule has 1 aliphatic heterocycles. The van der Waals surface area contributed by atoms with Gasteiger partial charge in [-0.2, -0.15) is 28.2 Å². The number of ketones is 1. The lowest BCUT2D eigenvalue weighted by Gasteiger charge is -2.34. The fraction of sp³-hybridized carbons (Fsp3) is 0.324. The molecule has 16 heteroatoms. The van der Waals surface area contributed by atoms with Gasteiger partial charge in [0.25, 0.3) is 11.5 Å². The van der Waals surface area contributed by atoms with Crippen LogP contribution in [-0.4, -0.2) is 89.9 Å². The van der Waals surface area contributed by atoms with E-state index < -0.39 is 11.9 Å². The van der Waals surface area contributed by atoms with E-state index in [0.717, 1.165) is 18.3 Å². The van der Waals surface area contributed by atoms with Crippen molar-refractivity contribution in [3.8, 4) is 17.2 Å². The Balaban J connectivity index is 1.22. The number of nitrogens with zero attached hydrogens (tertiary/aromatic N) is 8. The minimum absolute atomic E-state index is 0.0509. The summed E-state index contributed by atoms with van der Waals surface area (Å²) in [6.07, 6.45) is -0.910. The third kappa shape index (κ3) is 7.80. The summed E-state index contributed by atoms with van der Waals surface area (Å²) in [6.45, 7) is 5.10. The van der Waals surface area contributed by atoms with Gasteiger partial charge in [-0.05, 0) is 56.3 Å². The average Bonchev–Trinajstić information content (AvgIpc) is 3.61. The number of ether oxygens (including phenoxy) is 2. The third-order valence-corrected chi connectivity index (χ3v) is 7.96. The second-order valence-electron chi connectivity index (χ2n) is 11.8. The molecule has 1 aliphatic rings. The summed E-state index contributed by atoms with van der Waals surface area (Å²) in [7, 11) is 0. The lowest BCUT2D eigenvalue weighted by atomic mass is 10.1. The number of amides is 1. The molecule has 1 saturated heterocycles. The van der Waals surface area contributed by atoms with Gasteiger partial charge in [-0.25, -0.2) is 9.97 Å². The summed E-state index contributed by atoms with van der Waals surface area (Å²) < 4.78 is 51.4. The van der Waals surface area contributed by atoms with Crippen LogP contribution in [0.4, 0.5) is 13.2 Å². The van der Waals surface area contributed by atoms with Crippen LogP contribution in [0.5, 0.6) is 11.5 Å². The Hall–Kier alpha value is -5.64. The monoisotopic (exact) mass is 690 g/mol. The summed E-state index contributed by atoms with van der Waals surface area (Å²) in [6, 6.07) is 13.8. The molecule has 0 unspecified atom stereocenters. The molecule has 0 atom stereocenters. The molecular weight excluding hydrogens is 657 g/mol. The van der Waals surface area contributed by atoms with Crippen molar-refractivity contribution in [3.63, 3.8) is 0 Å². The average molecular weight is 691 g/mol. The van der Waals surface area contributed by atoms with Crippen molar-refractivity contribution in [3.05, 3.63) is 101 Å². The number of benzene rings is 2. The molecule has 0 radical (unpaired) electrons. The van der Waals surface area contributed by atoms with E-state index in [1.165, 1.54) is 21.8 Å². The Kier molecular flexibility index (Phi) is 9.90. The molecule has 50 heavy (non-hydrogen) atoms. The van der Waals surface area contributed by atoms with E-state index in [-0.39, 0.29) is 48.8 Å².